The molecule has 0 bridgehead atoms. The number of likely N-dealkylation sites (N-methyl/N-ethyl adjacent to an activating group) is 1. The zero-order valence-corrected chi connectivity index (χ0v) is 15.4. The Balaban J connectivity index is 1.80. The van der Waals surface area contributed by atoms with Crippen molar-refractivity contribution in [1.29, 1.82) is 0 Å². The van der Waals surface area contributed by atoms with Crippen molar-refractivity contribution in [2.45, 2.75) is 25.5 Å². The van der Waals surface area contributed by atoms with E-state index in [0.717, 1.165) is 16.7 Å². The van der Waals surface area contributed by atoms with Crippen LogP contribution in [0.2, 0.25) is 0 Å². The first-order chi connectivity index (χ1) is 14.4. The molecule has 0 spiro atoms. The lowest BCUT2D eigenvalue weighted by molar-refractivity contribution is 0.174. The molecule has 0 unspecified atom stereocenters. The van der Waals surface area contributed by atoms with Crippen LogP contribution in [0.15, 0.2) is 24.3 Å². The summed E-state index contributed by atoms with van der Waals surface area (Å²) in [7, 11) is 3.06. The molecule has 1 N–H and O–H groups in total. The van der Waals surface area contributed by atoms with Crippen LogP contribution in [0.3, 0.4) is 0 Å². The number of aliphatic hydroxyl groups excluding tert-OH is 1. The van der Waals surface area contributed by atoms with Gasteiger partial charge in [0.1, 0.15) is 0 Å². The first kappa shape index (κ1) is 14.6. The second kappa shape index (κ2) is 7.29. The minimum Gasteiger partial charge on any atom is -0.493 e. The van der Waals surface area contributed by atoms with Gasteiger partial charge in [-0.3, -0.25) is 4.90 Å². The van der Waals surface area contributed by atoms with E-state index in [1.54, 1.807) is 6.07 Å². The zero-order valence-electron chi connectivity index (χ0n) is 18.4. The fraction of sp³-hybridized carbons (Fsp3) is 0.429. The van der Waals surface area contributed by atoms with Crippen molar-refractivity contribution < 1.29 is 28.2 Å². The molecule has 0 aliphatic carbocycles. The van der Waals surface area contributed by atoms with Gasteiger partial charge < -0.3 is 24.1 Å². The van der Waals surface area contributed by atoms with Crippen molar-refractivity contribution in [3.8, 4) is 23.0 Å². The molecule has 6 nitrogen and oxygen atoms in total. The van der Waals surface area contributed by atoms with Crippen LogP contribution < -0.4 is 18.9 Å². The SMILES string of the molecule is [2H]C([2H])([2H])N1CCc2cc3c(cc2[C@@H]1Cc1ccc(OC)c(OC)c1CO)OCO3. The van der Waals surface area contributed by atoms with Gasteiger partial charge in [0, 0.05) is 22.3 Å². The highest BCUT2D eigenvalue weighted by molar-refractivity contribution is 5.53. The molecule has 2 aromatic carbocycles. The third-order valence-corrected chi connectivity index (χ3v) is 5.31. The number of rotatable bonds is 5. The number of hydrogen-bond acceptors (Lipinski definition) is 6. The monoisotopic (exact) mass is 374 g/mol. The highest BCUT2D eigenvalue weighted by Gasteiger charge is 2.29. The minimum absolute atomic E-state index is 0.163. The molecule has 0 amide bonds. The number of ether oxygens (including phenoxy) is 4. The van der Waals surface area contributed by atoms with Crippen LogP contribution in [0.1, 0.15) is 32.4 Å². The van der Waals surface area contributed by atoms with E-state index in [1.165, 1.54) is 19.1 Å². The number of hydrogen-bond donors (Lipinski definition) is 1. The topological polar surface area (TPSA) is 60.4 Å². The molecule has 0 saturated heterocycles. The summed E-state index contributed by atoms with van der Waals surface area (Å²) in [6.07, 6.45) is 1.00. The summed E-state index contributed by atoms with van der Waals surface area (Å²) >= 11 is 0. The van der Waals surface area contributed by atoms with E-state index >= 15 is 0 Å². The highest BCUT2D eigenvalue weighted by atomic mass is 16.7. The second-order valence-electron chi connectivity index (χ2n) is 6.66. The van der Waals surface area contributed by atoms with Crippen LogP contribution in [0, 0.1) is 0 Å². The summed E-state index contributed by atoms with van der Waals surface area (Å²) in [4.78, 5) is 1.54. The molecule has 4 rings (SSSR count). The maximum absolute atomic E-state index is 10.0. The average Bonchev–Trinajstić information content (AvgIpc) is 3.18. The summed E-state index contributed by atoms with van der Waals surface area (Å²) in [6.45, 7) is -1.94. The summed E-state index contributed by atoms with van der Waals surface area (Å²) in [6, 6.07) is 7.05. The second-order valence-corrected chi connectivity index (χ2v) is 6.66. The van der Waals surface area contributed by atoms with Crippen molar-refractivity contribution >= 4 is 0 Å². The Hall–Kier alpha value is -2.44. The lowest BCUT2D eigenvalue weighted by Gasteiger charge is -2.35. The summed E-state index contributed by atoms with van der Waals surface area (Å²) in [5.74, 6) is 2.29. The normalized spacial score (nSPS) is 20.4. The molecule has 6 heteroatoms. The van der Waals surface area contributed by atoms with Gasteiger partial charge in [0.25, 0.3) is 0 Å². The Labute approximate surface area is 163 Å². The van der Waals surface area contributed by atoms with Crippen molar-refractivity contribution in [2.75, 3.05) is 34.5 Å². The van der Waals surface area contributed by atoms with Gasteiger partial charge in [0.15, 0.2) is 23.0 Å². The number of methoxy groups -OCH3 is 2. The zero-order chi connectivity index (χ0) is 21.5. The van der Waals surface area contributed by atoms with Crippen LogP contribution in [0.4, 0.5) is 0 Å². The maximum Gasteiger partial charge on any atom is 0.231 e. The van der Waals surface area contributed by atoms with Gasteiger partial charge in [-0.2, -0.15) is 0 Å². The molecular formula is C21H25NO5. The summed E-state index contributed by atoms with van der Waals surface area (Å²) < 4.78 is 46.0. The van der Waals surface area contributed by atoms with Crippen molar-refractivity contribution in [1.82, 2.24) is 4.90 Å². The van der Waals surface area contributed by atoms with Crippen molar-refractivity contribution in [3.63, 3.8) is 0 Å². The molecule has 0 fully saturated rings. The lowest BCUT2D eigenvalue weighted by atomic mass is 9.87. The quantitative estimate of drug-likeness (QED) is 0.868. The van der Waals surface area contributed by atoms with E-state index in [-0.39, 0.29) is 13.4 Å². The van der Waals surface area contributed by atoms with E-state index < -0.39 is 13.0 Å². The van der Waals surface area contributed by atoms with Gasteiger partial charge >= 0.3 is 0 Å². The molecule has 1 atom stereocenters. The number of fused-ring (bicyclic) bond motifs is 2. The van der Waals surface area contributed by atoms with Gasteiger partial charge in [-0.15, -0.1) is 0 Å². The Bertz CT molecular complexity index is 947. The lowest BCUT2D eigenvalue weighted by Crippen LogP contribution is -2.33. The molecule has 2 aromatic rings. The fourth-order valence-corrected chi connectivity index (χ4v) is 3.92. The van der Waals surface area contributed by atoms with Gasteiger partial charge in [0.2, 0.25) is 6.79 Å². The average molecular weight is 374 g/mol. The van der Waals surface area contributed by atoms with E-state index in [9.17, 15) is 5.11 Å². The molecule has 2 aliphatic rings. The van der Waals surface area contributed by atoms with Gasteiger partial charge in [-0.25, -0.2) is 0 Å². The van der Waals surface area contributed by atoms with Crippen molar-refractivity contribution in [2.24, 2.45) is 0 Å². The van der Waals surface area contributed by atoms with E-state index in [0.29, 0.717) is 47.9 Å². The number of nitrogens with zero attached hydrogens (tertiary/aromatic N) is 1. The first-order valence-electron chi connectivity index (χ1n) is 10.4. The largest absolute Gasteiger partial charge is 0.493 e. The van der Waals surface area contributed by atoms with Gasteiger partial charge in [0.05, 0.1) is 20.8 Å². The molecular weight excluding hydrogens is 346 g/mol. The molecule has 2 aliphatic heterocycles. The Kier molecular flexibility index (Phi) is 3.94. The van der Waals surface area contributed by atoms with Crippen LogP contribution in [-0.4, -0.2) is 44.5 Å². The molecule has 0 aromatic heterocycles. The number of benzene rings is 2. The summed E-state index contributed by atoms with van der Waals surface area (Å²) in [5.41, 5.74) is 3.35. The molecule has 0 radical (unpaired) electrons. The maximum atomic E-state index is 10.0. The van der Waals surface area contributed by atoms with Crippen LogP contribution in [0.25, 0.3) is 0 Å². The van der Waals surface area contributed by atoms with Crippen LogP contribution in [0.5, 0.6) is 23.0 Å². The standard InChI is InChI=1S/C21H25NO5/c1-22-7-6-14-9-19-20(27-12-26-19)10-15(14)17(22)8-13-4-5-18(24-2)21(25-3)16(13)11-23/h4-5,9-10,17,23H,6-8,11-12H2,1-3H3/t17-/m0/s1/i1D3. The van der Waals surface area contributed by atoms with Gasteiger partial charge in [-0.1, -0.05) is 6.07 Å². The Morgan fingerprint density at radius 3 is 2.74 bits per heavy atom. The van der Waals surface area contributed by atoms with Crippen LogP contribution >= 0.6 is 0 Å². The van der Waals surface area contributed by atoms with Crippen molar-refractivity contribution in [3.05, 3.63) is 46.5 Å². The predicted molar refractivity (Wildman–Crippen MR) is 101 cm³/mol. The predicted octanol–water partition coefficient (Wildman–Crippen LogP) is 2.70. The summed E-state index contributed by atoms with van der Waals surface area (Å²) in [5, 5.41) is 10.0. The van der Waals surface area contributed by atoms with E-state index in [2.05, 4.69) is 0 Å². The molecule has 144 valence electrons. The Morgan fingerprint density at radius 2 is 2.04 bits per heavy atom. The molecule has 2 heterocycles. The fourth-order valence-electron chi connectivity index (χ4n) is 3.92. The van der Waals surface area contributed by atoms with E-state index in [4.69, 9.17) is 23.1 Å². The molecule has 0 saturated carbocycles. The smallest absolute Gasteiger partial charge is 0.231 e. The van der Waals surface area contributed by atoms with Crippen LogP contribution in [-0.2, 0) is 19.4 Å². The highest BCUT2D eigenvalue weighted by Crippen LogP contribution is 2.42. The first-order valence-corrected chi connectivity index (χ1v) is 8.90. The van der Waals surface area contributed by atoms with Gasteiger partial charge in [-0.05, 0) is 54.7 Å². The molecule has 27 heavy (non-hydrogen) atoms. The third kappa shape index (κ3) is 3.09. The van der Waals surface area contributed by atoms with E-state index in [1.807, 2.05) is 18.2 Å². The minimum atomic E-state index is -2.26. The Morgan fingerprint density at radius 1 is 1.22 bits per heavy atom. The third-order valence-electron chi connectivity index (χ3n) is 5.31. The number of aliphatic hydroxyl groups is 1.